The van der Waals surface area contributed by atoms with Gasteiger partial charge in [0.15, 0.2) is 0 Å². The Morgan fingerprint density at radius 3 is 2.52 bits per heavy atom. The number of anilines is 1. The van der Waals surface area contributed by atoms with Crippen molar-refractivity contribution in [2.24, 2.45) is 5.92 Å². The molecule has 1 rings (SSSR count). The molecule has 0 bridgehead atoms. The molecule has 0 aromatic heterocycles. The van der Waals surface area contributed by atoms with E-state index in [4.69, 9.17) is 9.47 Å². The summed E-state index contributed by atoms with van der Waals surface area (Å²) in [6.45, 7) is 6.43. The van der Waals surface area contributed by atoms with Crippen LogP contribution in [0.15, 0.2) is 18.2 Å². The highest BCUT2D eigenvalue weighted by Crippen LogP contribution is 2.31. The van der Waals surface area contributed by atoms with E-state index in [2.05, 4.69) is 19.2 Å². The summed E-state index contributed by atoms with van der Waals surface area (Å²) in [6.07, 6.45) is 2.54. The monoisotopic (exact) mass is 292 g/mol. The average Bonchev–Trinajstić information content (AvgIpc) is 2.42. The topological polar surface area (TPSA) is 47.6 Å². The molecular formula is C17H26NO3. The van der Waals surface area contributed by atoms with Crippen molar-refractivity contribution in [3.63, 3.8) is 0 Å². The number of benzene rings is 1. The van der Waals surface area contributed by atoms with Crippen LogP contribution in [0.5, 0.6) is 0 Å². The lowest BCUT2D eigenvalue weighted by molar-refractivity contribution is -0.114. The second-order valence-corrected chi connectivity index (χ2v) is 5.48. The standard InChI is InChI=1S/C17H26NO3/c1-12(2)11-17(21-5)15-7-6-8-16(18-13(3)19)14(15)9-10-20-4/h6-8,12H,9-11H2,1-5H3,(H,18,19). The van der Waals surface area contributed by atoms with E-state index in [1.807, 2.05) is 18.2 Å². The van der Waals surface area contributed by atoms with Crippen LogP contribution in [0.4, 0.5) is 5.69 Å². The van der Waals surface area contributed by atoms with Gasteiger partial charge in [-0.05, 0) is 36.0 Å². The molecule has 1 aromatic rings. The minimum Gasteiger partial charge on any atom is -0.384 e. The van der Waals surface area contributed by atoms with Gasteiger partial charge in [0.05, 0.1) is 6.61 Å². The Hall–Kier alpha value is -1.39. The fraction of sp³-hybridized carbons (Fsp3) is 0.529. The van der Waals surface area contributed by atoms with Gasteiger partial charge >= 0.3 is 0 Å². The van der Waals surface area contributed by atoms with Gasteiger partial charge in [-0.15, -0.1) is 0 Å². The Morgan fingerprint density at radius 2 is 2.00 bits per heavy atom. The molecule has 117 valence electrons. The molecule has 1 N–H and O–H groups in total. The molecule has 0 fully saturated rings. The van der Waals surface area contributed by atoms with Crippen molar-refractivity contribution >= 4 is 11.6 Å². The third kappa shape index (κ3) is 5.48. The van der Waals surface area contributed by atoms with Crippen molar-refractivity contribution < 1.29 is 14.3 Å². The zero-order valence-corrected chi connectivity index (χ0v) is 13.7. The zero-order chi connectivity index (χ0) is 15.8. The molecule has 0 aliphatic carbocycles. The molecule has 0 unspecified atom stereocenters. The van der Waals surface area contributed by atoms with Crippen molar-refractivity contribution in [2.45, 2.75) is 33.6 Å². The number of hydrogen-bond donors (Lipinski definition) is 1. The summed E-state index contributed by atoms with van der Waals surface area (Å²) in [4.78, 5) is 11.4. The smallest absolute Gasteiger partial charge is 0.221 e. The van der Waals surface area contributed by atoms with E-state index in [1.165, 1.54) is 6.92 Å². The number of rotatable bonds is 8. The normalized spacial score (nSPS) is 11.2. The van der Waals surface area contributed by atoms with Crippen LogP contribution in [0.3, 0.4) is 0 Å². The van der Waals surface area contributed by atoms with Gasteiger partial charge in [0.2, 0.25) is 5.91 Å². The van der Waals surface area contributed by atoms with E-state index in [0.717, 1.165) is 35.8 Å². The Morgan fingerprint density at radius 1 is 1.29 bits per heavy atom. The molecule has 21 heavy (non-hydrogen) atoms. The molecule has 0 saturated heterocycles. The Kier molecular flexibility index (Phi) is 7.40. The summed E-state index contributed by atoms with van der Waals surface area (Å²) in [7, 11) is 3.37. The maximum Gasteiger partial charge on any atom is 0.221 e. The second-order valence-electron chi connectivity index (χ2n) is 5.48. The van der Waals surface area contributed by atoms with E-state index in [-0.39, 0.29) is 5.91 Å². The van der Waals surface area contributed by atoms with Crippen LogP contribution in [0.1, 0.15) is 38.3 Å². The van der Waals surface area contributed by atoms with E-state index in [1.54, 1.807) is 14.2 Å². The predicted octanol–water partition coefficient (Wildman–Crippen LogP) is 3.41. The van der Waals surface area contributed by atoms with Gasteiger partial charge < -0.3 is 14.8 Å². The van der Waals surface area contributed by atoms with Crippen LogP contribution in [0.25, 0.3) is 0 Å². The second kappa shape index (κ2) is 8.80. The first kappa shape index (κ1) is 17.7. The summed E-state index contributed by atoms with van der Waals surface area (Å²) in [5.41, 5.74) is 2.94. The van der Waals surface area contributed by atoms with Gasteiger partial charge in [0.25, 0.3) is 0 Å². The van der Waals surface area contributed by atoms with Crippen LogP contribution >= 0.6 is 0 Å². The Bertz CT molecular complexity index is 457. The quantitative estimate of drug-likeness (QED) is 0.798. The zero-order valence-electron chi connectivity index (χ0n) is 13.7. The van der Waals surface area contributed by atoms with Crippen LogP contribution in [-0.4, -0.2) is 26.7 Å². The van der Waals surface area contributed by atoms with Gasteiger partial charge in [-0.3, -0.25) is 4.79 Å². The molecular weight excluding hydrogens is 266 g/mol. The third-order valence-electron chi connectivity index (χ3n) is 3.18. The molecule has 0 spiro atoms. The number of amides is 1. The summed E-state index contributed by atoms with van der Waals surface area (Å²) >= 11 is 0. The van der Waals surface area contributed by atoms with Crippen LogP contribution in [0, 0.1) is 12.0 Å². The predicted molar refractivity (Wildman–Crippen MR) is 85.1 cm³/mol. The maximum absolute atomic E-state index is 11.4. The largest absolute Gasteiger partial charge is 0.384 e. The highest BCUT2D eigenvalue weighted by Gasteiger charge is 2.20. The fourth-order valence-corrected chi connectivity index (χ4v) is 2.30. The summed E-state index contributed by atoms with van der Waals surface area (Å²) < 4.78 is 10.8. The SMILES string of the molecule is COCCc1c(NC(C)=O)cccc1[C](CC(C)C)OC. The summed E-state index contributed by atoms with van der Waals surface area (Å²) in [6, 6.07) is 5.90. The number of methoxy groups -OCH3 is 2. The van der Waals surface area contributed by atoms with Crippen LogP contribution < -0.4 is 5.32 Å². The number of carbonyl (C=O) groups is 1. The van der Waals surface area contributed by atoms with Crippen molar-refractivity contribution in [3.05, 3.63) is 35.4 Å². The van der Waals surface area contributed by atoms with Crippen LogP contribution in [0.2, 0.25) is 0 Å². The van der Waals surface area contributed by atoms with E-state index >= 15 is 0 Å². The summed E-state index contributed by atoms with van der Waals surface area (Å²) in [5.74, 6) is 0.424. The average molecular weight is 292 g/mol. The van der Waals surface area contributed by atoms with Crippen LogP contribution in [-0.2, 0) is 20.7 Å². The van der Waals surface area contributed by atoms with Crippen molar-refractivity contribution in [1.82, 2.24) is 0 Å². The maximum atomic E-state index is 11.4. The van der Waals surface area contributed by atoms with Gasteiger partial charge in [-0.1, -0.05) is 26.0 Å². The van der Waals surface area contributed by atoms with Crippen molar-refractivity contribution in [2.75, 3.05) is 26.1 Å². The van der Waals surface area contributed by atoms with Gasteiger partial charge in [-0.2, -0.15) is 0 Å². The number of ether oxygens (including phenoxy) is 2. The van der Waals surface area contributed by atoms with E-state index < -0.39 is 0 Å². The molecule has 0 aliphatic heterocycles. The molecule has 1 radical (unpaired) electrons. The fourth-order valence-electron chi connectivity index (χ4n) is 2.30. The molecule has 1 amide bonds. The molecule has 4 heteroatoms. The van der Waals surface area contributed by atoms with Gasteiger partial charge in [0.1, 0.15) is 6.10 Å². The number of carbonyl (C=O) groups excluding carboxylic acids is 1. The molecule has 0 saturated carbocycles. The lowest BCUT2D eigenvalue weighted by atomic mass is 9.93. The first-order chi connectivity index (χ1) is 9.99. The molecule has 0 heterocycles. The van der Waals surface area contributed by atoms with Gasteiger partial charge in [-0.25, -0.2) is 0 Å². The lowest BCUT2D eigenvalue weighted by Crippen LogP contribution is -2.14. The highest BCUT2D eigenvalue weighted by molar-refractivity contribution is 5.89. The minimum absolute atomic E-state index is 0.0753. The Labute approximate surface area is 127 Å². The number of hydrogen-bond acceptors (Lipinski definition) is 3. The van der Waals surface area contributed by atoms with Crippen molar-refractivity contribution in [3.8, 4) is 0 Å². The first-order valence-electron chi connectivity index (χ1n) is 7.28. The lowest BCUT2D eigenvalue weighted by Gasteiger charge is -2.22. The highest BCUT2D eigenvalue weighted by atomic mass is 16.5. The molecule has 0 aliphatic rings. The van der Waals surface area contributed by atoms with E-state index in [0.29, 0.717) is 12.5 Å². The van der Waals surface area contributed by atoms with Gasteiger partial charge in [0, 0.05) is 26.8 Å². The first-order valence-corrected chi connectivity index (χ1v) is 7.28. The third-order valence-corrected chi connectivity index (χ3v) is 3.18. The molecule has 1 aromatic carbocycles. The Balaban J connectivity index is 3.17. The van der Waals surface area contributed by atoms with E-state index in [9.17, 15) is 4.79 Å². The molecule has 0 atom stereocenters. The van der Waals surface area contributed by atoms with Crippen molar-refractivity contribution in [1.29, 1.82) is 0 Å². The molecule has 4 nitrogen and oxygen atoms in total. The number of nitrogens with one attached hydrogen (secondary N) is 1. The summed E-state index contributed by atoms with van der Waals surface area (Å²) in [5, 5.41) is 2.89. The minimum atomic E-state index is -0.0753.